The van der Waals surface area contributed by atoms with Gasteiger partial charge in [0, 0.05) is 5.92 Å². The number of benzene rings is 2. The Labute approximate surface area is 155 Å². The van der Waals surface area contributed by atoms with Crippen molar-refractivity contribution in [3.63, 3.8) is 0 Å². The average Bonchev–Trinajstić information content (AvgIpc) is 2.61. The predicted molar refractivity (Wildman–Crippen MR) is 94.1 cm³/mol. The van der Waals surface area contributed by atoms with Gasteiger partial charge in [-0.3, -0.25) is 0 Å². The van der Waals surface area contributed by atoms with Crippen molar-refractivity contribution in [2.75, 3.05) is 0 Å². The van der Waals surface area contributed by atoms with Gasteiger partial charge in [-0.05, 0) is 42.5 Å². The zero-order valence-electron chi connectivity index (χ0n) is 14.0. The number of ether oxygens (including phenoxy) is 1. The molecule has 3 atom stereocenters. The summed E-state index contributed by atoms with van der Waals surface area (Å²) >= 11 is 5.70. The second-order valence-electron chi connectivity index (χ2n) is 6.64. The van der Waals surface area contributed by atoms with E-state index in [9.17, 15) is 18.3 Å². The summed E-state index contributed by atoms with van der Waals surface area (Å²) in [6, 6.07) is 13.6. The predicted octanol–water partition coefficient (Wildman–Crippen LogP) is 5.57. The normalized spacial score (nSPS) is 23.8. The van der Waals surface area contributed by atoms with E-state index in [1.807, 2.05) is 30.3 Å². The van der Waals surface area contributed by atoms with Crippen LogP contribution in [0, 0.1) is 0 Å². The third-order valence-electron chi connectivity index (χ3n) is 4.82. The van der Waals surface area contributed by atoms with Gasteiger partial charge in [0.1, 0.15) is 0 Å². The fourth-order valence-electron chi connectivity index (χ4n) is 3.40. The molecule has 6 heteroatoms. The largest absolute Gasteiger partial charge is 0.417 e. The highest BCUT2D eigenvalue weighted by Crippen LogP contribution is 2.40. The highest BCUT2D eigenvalue weighted by Gasteiger charge is 2.36. The van der Waals surface area contributed by atoms with E-state index in [4.69, 9.17) is 16.3 Å². The second-order valence-corrected chi connectivity index (χ2v) is 7.05. The van der Waals surface area contributed by atoms with E-state index < -0.39 is 23.8 Å². The molecule has 2 aromatic rings. The van der Waals surface area contributed by atoms with Crippen LogP contribution in [-0.4, -0.2) is 17.3 Å². The Morgan fingerprint density at radius 3 is 2.50 bits per heavy atom. The highest BCUT2D eigenvalue weighted by molar-refractivity contribution is 6.31. The minimum absolute atomic E-state index is 0.103. The molecular formula is C20H20ClF3O2. The first-order chi connectivity index (χ1) is 12.3. The van der Waals surface area contributed by atoms with Crippen molar-refractivity contribution in [3.8, 4) is 0 Å². The van der Waals surface area contributed by atoms with Crippen molar-refractivity contribution in [1.82, 2.24) is 0 Å². The van der Waals surface area contributed by atoms with Gasteiger partial charge >= 0.3 is 6.18 Å². The molecule has 1 fully saturated rings. The zero-order chi connectivity index (χ0) is 18.7. The van der Waals surface area contributed by atoms with Crippen LogP contribution in [0.2, 0.25) is 5.02 Å². The van der Waals surface area contributed by atoms with Crippen LogP contribution in [0.4, 0.5) is 13.2 Å². The van der Waals surface area contributed by atoms with Crippen LogP contribution in [0.15, 0.2) is 48.5 Å². The zero-order valence-corrected chi connectivity index (χ0v) is 14.8. The van der Waals surface area contributed by atoms with Crippen LogP contribution < -0.4 is 0 Å². The van der Waals surface area contributed by atoms with E-state index in [0.29, 0.717) is 31.4 Å². The maximum Gasteiger partial charge on any atom is 0.417 e. The molecular weight excluding hydrogens is 365 g/mol. The molecule has 0 radical (unpaired) electrons. The minimum atomic E-state index is -4.52. The first kappa shape index (κ1) is 19.2. The summed E-state index contributed by atoms with van der Waals surface area (Å²) in [5, 5.41) is 9.99. The van der Waals surface area contributed by atoms with E-state index in [2.05, 4.69) is 0 Å². The number of hydrogen-bond acceptors (Lipinski definition) is 2. The van der Waals surface area contributed by atoms with Crippen LogP contribution >= 0.6 is 11.6 Å². The third-order valence-corrected chi connectivity index (χ3v) is 5.15. The lowest BCUT2D eigenvalue weighted by molar-refractivity contribution is -0.137. The van der Waals surface area contributed by atoms with Gasteiger partial charge in [-0.2, -0.15) is 13.2 Å². The summed E-state index contributed by atoms with van der Waals surface area (Å²) in [7, 11) is 0. The molecule has 1 saturated carbocycles. The van der Waals surface area contributed by atoms with Gasteiger partial charge in [0.15, 0.2) is 0 Å². The lowest BCUT2D eigenvalue weighted by Gasteiger charge is -2.34. The SMILES string of the molecule is OC1CCC(OCc2ccccc2)CC1c1ccc(Cl)c(C(F)(F)F)c1. The number of hydrogen-bond donors (Lipinski definition) is 1. The van der Waals surface area contributed by atoms with E-state index in [0.717, 1.165) is 11.6 Å². The van der Waals surface area contributed by atoms with Gasteiger partial charge < -0.3 is 9.84 Å². The Morgan fingerprint density at radius 2 is 1.81 bits per heavy atom. The molecule has 3 unspecified atom stereocenters. The van der Waals surface area contributed by atoms with Crippen molar-refractivity contribution in [3.05, 3.63) is 70.2 Å². The maximum absolute atomic E-state index is 13.1. The summed E-state index contributed by atoms with van der Waals surface area (Å²) in [6.45, 7) is 0.447. The van der Waals surface area contributed by atoms with Gasteiger partial charge in [-0.15, -0.1) is 0 Å². The fourth-order valence-corrected chi connectivity index (χ4v) is 3.63. The smallest absolute Gasteiger partial charge is 0.392 e. The molecule has 0 saturated heterocycles. The third kappa shape index (κ3) is 4.58. The molecule has 0 spiro atoms. The number of aliphatic hydroxyl groups is 1. The first-order valence-corrected chi connectivity index (χ1v) is 8.92. The Kier molecular flexibility index (Phi) is 5.90. The maximum atomic E-state index is 13.1. The topological polar surface area (TPSA) is 29.5 Å². The van der Waals surface area contributed by atoms with Crippen LogP contribution in [0.5, 0.6) is 0 Å². The molecule has 140 valence electrons. The van der Waals surface area contributed by atoms with E-state index in [-0.39, 0.29) is 11.1 Å². The highest BCUT2D eigenvalue weighted by atomic mass is 35.5. The molecule has 2 aromatic carbocycles. The summed E-state index contributed by atoms with van der Waals surface area (Å²) < 4.78 is 45.3. The molecule has 0 heterocycles. The van der Waals surface area contributed by atoms with Crippen molar-refractivity contribution in [2.24, 2.45) is 0 Å². The molecule has 0 aliphatic heterocycles. The number of halogens is 4. The quantitative estimate of drug-likeness (QED) is 0.746. The van der Waals surface area contributed by atoms with Gasteiger partial charge in [0.05, 0.1) is 29.4 Å². The van der Waals surface area contributed by atoms with Crippen molar-refractivity contribution in [1.29, 1.82) is 0 Å². The average molecular weight is 385 g/mol. The molecule has 0 bridgehead atoms. The summed E-state index contributed by atoms with van der Waals surface area (Å²) in [6.07, 6.45) is -3.65. The number of aliphatic hydroxyl groups excluding tert-OH is 1. The number of rotatable bonds is 4. The molecule has 0 aromatic heterocycles. The van der Waals surface area contributed by atoms with Gasteiger partial charge in [-0.25, -0.2) is 0 Å². The Hall–Kier alpha value is -1.56. The monoisotopic (exact) mass is 384 g/mol. The van der Waals surface area contributed by atoms with Gasteiger partial charge in [-0.1, -0.05) is 48.0 Å². The molecule has 1 aliphatic carbocycles. The number of alkyl halides is 3. The molecule has 26 heavy (non-hydrogen) atoms. The molecule has 0 amide bonds. The molecule has 2 nitrogen and oxygen atoms in total. The summed E-state index contributed by atoms with van der Waals surface area (Å²) in [5.41, 5.74) is 0.624. The minimum Gasteiger partial charge on any atom is -0.392 e. The first-order valence-electron chi connectivity index (χ1n) is 8.55. The standard InChI is InChI=1S/C20H20ClF3O2/c21-18-8-6-14(10-17(18)20(22,23)24)16-11-15(7-9-19(16)25)26-12-13-4-2-1-3-5-13/h1-6,8,10,15-16,19,25H,7,9,11-12H2. The molecule has 3 rings (SSSR count). The fraction of sp³-hybridized carbons (Fsp3) is 0.400. The van der Waals surface area contributed by atoms with Gasteiger partial charge in [0.25, 0.3) is 0 Å². The summed E-state index contributed by atoms with van der Waals surface area (Å²) in [5.74, 6) is -0.400. The lowest BCUT2D eigenvalue weighted by Crippen LogP contribution is -2.31. The van der Waals surface area contributed by atoms with Crippen molar-refractivity contribution >= 4 is 11.6 Å². The Bertz CT molecular complexity index is 734. The van der Waals surface area contributed by atoms with E-state index >= 15 is 0 Å². The Balaban J connectivity index is 1.72. The van der Waals surface area contributed by atoms with E-state index in [1.54, 1.807) is 6.07 Å². The van der Waals surface area contributed by atoms with Crippen molar-refractivity contribution in [2.45, 2.75) is 50.2 Å². The van der Waals surface area contributed by atoms with E-state index in [1.165, 1.54) is 6.07 Å². The second kappa shape index (κ2) is 7.99. The van der Waals surface area contributed by atoms with Crippen molar-refractivity contribution < 1.29 is 23.0 Å². The molecule has 1 aliphatic rings. The molecule has 1 N–H and O–H groups in total. The van der Waals surface area contributed by atoms with Crippen LogP contribution in [0.1, 0.15) is 41.9 Å². The Morgan fingerprint density at radius 1 is 1.08 bits per heavy atom. The van der Waals surface area contributed by atoms with Crippen LogP contribution in [0.25, 0.3) is 0 Å². The van der Waals surface area contributed by atoms with Crippen LogP contribution in [0.3, 0.4) is 0 Å². The van der Waals surface area contributed by atoms with Crippen LogP contribution in [-0.2, 0) is 17.5 Å². The van der Waals surface area contributed by atoms with Gasteiger partial charge in [0.2, 0.25) is 0 Å². The summed E-state index contributed by atoms with van der Waals surface area (Å²) in [4.78, 5) is 0. The lowest BCUT2D eigenvalue weighted by atomic mass is 9.80.